The fourth-order valence-electron chi connectivity index (χ4n) is 3.44. The molecule has 1 saturated heterocycles. The molecule has 1 aliphatic heterocycles. The van der Waals surface area contributed by atoms with E-state index in [1.165, 1.54) is 30.4 Å². The lowest BCUT2D eigenvalue weighted by atomic mass is 10.1. The first kappa shape index (κ1) is 18.5. The van der Waals surface area contributed by atoms with Gasteiger partial charge in [0, 0.05) is 25.0 Å². The first-order chi connectivity index (χ1) is 12.3. The van der Waals surface area contributed by atoms with Crippen molar-refractivity contribution >= 4 is 35.1 Å². The van der Waals surface area contributed by atoms with Crippen LogP contribution in [0.1, 0.15) is 30.4 Å². The van der Waals surface area contributed by atoms with Crippen molar-refractivity contribution in [3.63, 3.8) is 0 Å². The molecule has 26 heavy (non-hydrogen) atoms. The van der Waals surface area contributed by atoms with Crippen molar-refractivity contribution in [2.45, 2.75) is 32.7 Å². The molecule has 1 aliphatic rings. The molecule has 5 heteroatoms. The number of nitrogens with one attached hydrogen (secondary N) is 1. The van der Waals surface area contributed by atoms with Crippen molar-refractivity contribution in [3.05, 3.63) is 59.7 Å². The topological polar surface area (TPSA) is 41.1 Å². The Hall–Kier alpha value is -2.33. The van der Waals surface area contributed by atoms with E-state index >= 15 is 0 Å². The summed E-state index contributed by atoms with van der Waals surface area (Å²) in [6, 6.07) is 16.8. The van der Waals surface area contributed by atoms with Gasteiger partial charge in [0.15, 0.2) is 0 Å². The monoisotopic (exact) mass is 368 g/mol. The summed E-state index contributed by atoms with van der Waals surface area (Å²) in [6.45, 7) is 4.99. The van der Waals surface area contributed by atoms with Crippen LogP contribution < -0.4 is 10.2 Å². The van der Waals surface area contributed by atoms with Crippen molar-refractivity contribution in [1.82, 2.24) is 9.97 Å². The van der Waals surface area contributed by atoms with Gasteiger partial charge in [0.25, 0.3) is 0 Å². The largest absolute Gasteiger partial charge is 0.365 e. The molecule has 0 bridgehead atoms. The van der Waals surface area contributed by atoms with E-state index < -0.39 is 0 Å². The van der Waals surface area contributed by atoms with Crippen molar-refractivity contribution < 1.29 is 0 Å². The Morgan fingerprint density at radius 1 is 0.962 bits per heavy atom. The minimum atomic E-state index is 0. The van der Waals surface area contributed by atoms with Crippen molar-refractivity contribution in [1.29, 1.82) is 0 Å². The average molecular weight is 369 g/mol. The number of halogens is 1. The highest BCUT2D eigenvalue weighted by molar-refractivity contribution is 5.90. The van der Waals surface area contributed by atoms with Crippen LogP contribution in [0.3, 0.4) is 0 Å². The summed E-state index contributed by atoms with van der Waals surface area (Å²) < 4.78 is 0. The number of aryl methyl sites for hydroxylation is 1. The molecule has 1 fully saturated rings. The molecule has 4 rings (SSSR count). The van der Waals surface area contributed by atoms with Gasteiger partial charge in [-0.1, -0.05) is 42.0 Å². The Balaban J connectivity index is 0.00000196. The number of piperidine rings is 1. The summed E-state index contributed by atoms with van der Waals surface area (Å²) in [5, 5.41) is 4.61. The van der Waals surface area contributed by atoms with Crippen LogP contribution in [0.2, 0.25) is 0 Å². The molecule has 136 valence electrons. The molecule has 0 atom stereocenters. The number of anilines is 2. The molecule has 2 heterocycles. The smallest absolute Gasteiger partial charge is 0.227 e. The van der Waals surface area contributed by atoms with Gasteiger partial charge in [-0.25, -0.2) is 4.98 Å². The molecule has 4 nitrogen and oxygen atoms in total. The Kier molecular flexibility index (Phi) is 5.94. The van der Waals surface area contributed by atoms with E-state index in [2.05, 4.69) is 53.5 Å². The second-order valence-corrected chi connectivity index (χ2v) is 6.78. The van der Waals surface area contributed by atoms with Crippen LogP contribution in [0.25, 0.3) is 10.9 Å². The van der Waals surface area contributed by atoms with E-state index in [1.807, 2.05) is 12.1 Å². The predicted octanol–water partition coefficient (Wildman–Crippen LogP) is 4.96. The third-order valence-corrected chi connectivity index (χ3v) is 4.77. The van der Waals surface area contributed by atoms with E-state index in [0.29, 0.717) is 0 Å². The van der Waals surface area contributed by atoms with Gasteiger partial charge in [0.05, 0.1) is 5.52 Å². The number of benzene rings is 2. The first-order valence-corrected chi connectivity index (χ1v) is 9.11. The predicted molar refractivity (Wildman–Crippen MR) is 111 cm³/mol. The van der Waals surface area contributed by atoms with Crippen LogP contribution in [-0.2, 0) is 6.54 Å². The van der Waals surface area contributed by atoms with Crippen LogP contribution >= 0.6 is 12.4 Å². The summed E-state index contributed by atoms with van der Waals surface area (Å²) in [5.41, 5.74) is 3.55. The van der Waals surface area contributed by atoms with Gasteiger partial charge in [0.1, 0.15) is 5.82 Å². The Morgan fingerprint density at radius 2 is 1.77 bits per heavy atom. The summed E-state index contributed by atoms with van der Waals surface area (Å²) in [5.74, 6) is 1.78. The first-order valence-electron chi connectivity index (χ1n) is 9.11. The minimum absolute atomic E-state index is 0. The van der Waals surface area contributed by atoms with Crippen molar-refractivity contribution in [2.24, 2.45) is 0 Å². The number of nitrogens with zero attached hydrogens (tertiary/aromatic N) is 3. The Morgan fingerprint density at radius 3 is 2.58 bits per heavy atom. The highest BCUT2D eigenvalue weighted by Gasteiger charge is 2.16. The number of hydrogen-bond acceptors (Lipinski definition) is 4. The molecule has 0 amide bonds. The molecular weight excluding hydrogens is 344 g/mol. The maximum atomic E-state index is 4.87. The maximum absolute atomic E-state index is 4.87. The zero-order chi connectivity index (χ0) is 17.1. The molecule has 0 aliphatic carbocycles. The lowest BCUT2D eigenvalue weighted by molar-refractivity contribution is 0.569. The minimum Gasteiger partial charge on any atom is -0.365 e. The lowest BCUT2D eigenvalue weighted by Crippen LogP contribution is -2.31. The number of aromatic nitrogens is 2. The fraction of sp³-hybridized carbons (Fsp3) is 0.333. The number of para-hydroxylation sites is 1. The number of hydrogen-bond donors (Lipinski definition) is 1. The van der Waals surface area contributed by atoms with E-state index in [1.54, 1.807) is 0 Å². The average Bonchev–Trinajstić information content (AvgIpc) is 2.66. The zero-order valence-electron chi connectivity index (χ0n) is 15.1. The van der Waals surface area contributed by atoms with Gasteiger partial charge in [-0.3, -0.25) is 0 Å². The molecule has 0 radical (unpaired) electrons. The van der Waals surface area contributed by atoms with Gasteiger partial charge < -0.3 is 10.2 Å². The van der Waals surface area contributed by atoms with Crippen LogP contribution in [0.5, 0.6) is 0 Å². The molecule has 0 unspecified atom stereocenters. The van der Waals surface area contributed by atoms with E-state index in [9.17, 15) is 0 Å². The van der Waals surface area contributed by atoms with Crippen LogP contribution in [0.4, 0.5) is 11.8 Å². The second kappa shape index (κ2) is 8.37. The Bertz CT molecular complexity index is 875. The molecule has 0 saturated carbocycles. The maximum Gasteiger partial charge on any atom is 0.227 e. The molecule has 3 aromatic rings. The fourth-order valence-corrected chi connectivity index (χ4v) is 3.44. The van der Waals surface area contributed by atoms with E-state index in [-0.39, 0.29) is 12.4 Å². The zero-order valence-corrected chi connectivity index (χ0v) is 15.9. The second-order valence-electron chi connectivity index (χ2n) is 6.78. The number of fused-ring (bicyclic) bond motifs is 1. The lowest BCUT2D eigenvalue weighted by Gasteiger charge is -2.27. The highest BCUT2D eigenvalue weighted by atomic mass is 35.5. The third kappa shape index (κ3) is 4.07. The third-order valence-electron chi connectivity index (χ3n) is 4.77. The van der Waals surface area contributed by atoms with Crippen LogP contribution in [0.15, 0.2) is 48.5 Å². The molecule has 1 N–H and O–H groups in total. The summed E-state index contributed by atoms with van der Waals surface area (Å²) in [6.07, 6.45) is 3.76. The van der Waals surface area contributed by atoms with E-state index in [0.717, 1.165) is 42.3 Å². The number of rotatable bonds is 4. The summed E-state index contributed by atoms with van der Waals surface area (Å²) >= 11 is 0. The summed E-state index contributed by atoms with van der Waals surface area (Å²) in [4.78, 5) is 12.0. The standard InChI is InChI=1S/C21H24N4.ClH/c1-16-8-7-9-17(14-16)15-22-20-18-10-3-4-11-19(18)23-21(24-20)25-12-5-2-6-13-25;/h3-4,7-11,14H,2,5-6,12-13,15H2,1H3,(H,22,23,24);1H. The summed E-state index contributed by atoms with van der Waals surface area (Å²) in [7, 11) is 0. The van der Waals surface area contributed by atoms with Gasteiger partial charge >= 0.3 is 0 Å². The normalized spacial score (nSPS) is 14.1. The molecular formula is C21H25ClN4. The van der Waals surface area contributed by atoms with Gasteiger partial charge in [0.2, 0.25) is 5.95 Å². The Labute approximate surface area is 161 Å². The van der Waals surface area contributed by atoms with Gasteiger partial charge in [-0.05, 0) is 43.9 Å². The van der Waals surface area contributed by atoms with E-state index in [4.69, 9.17) is 9.97 Å². The molecule has 0 spiro atoms. The SMILES string of the molecule is Cc1cccc(CNc2nc(N3CCCCC3)nc3ccccc23)c1.Cl. The highest BCUT2D eigenvalue weighted by Crippen LogP contribution is 2.25. The molecule has 1 aromatic heterocycles. The molecule has 2 aromatic carbocycles. The van der Waals surface area contributed by atoms with Crippen LogP contribution in [-0.4, -0.2) is 23.1 Å². The van der Waals surface area contributed by atoms with Gasteiger partial charge in [-0.15, -0.1) is 12.4 Å². The van der Waals surface area contributed by atoms with Crippen molar-refractivity contribution in [3.8, 4) is 0 Å². The van der Waals surface area contributed by atoms with Crippen LogP contribution in [0, 0.1) is 6.92 Å². The quantitative estimate of drug-likeness (QED) is 0.706. The van der Waals surface area contributed by atoms with Gasteiger partial charge in [-0.2, -0.15) is 4.98 Å². The van der Waals surface area contributed by atoms with Crippen molar-refractivity contribution in [2.75, 3.05) is 23.3 Å².